The lowest BCUT2D eigenvalue weighted by molar-refractivity contribution is -0.161. The maximum absolute atomic E-state index is 12.2. The number of aliphatic hydroxyl groups excluding tert-OH is 1. The molecule has 5 heteroatoms. The van der Waals surface area contributed by atoms with E-state index in [1.54, 1.807) is 0 Å². The van der Waals surface area contributed by atoms with Gasteiger partial charge in [0.1, 0.15) is 6.61 Å². The van der Waals surface area contributed by atoms with E-state index in [2.05, 4.69) is 50.3 Å². The van der Waals surface area contributed by atoms with Crippen molar-refractivity contribution < 1.29 is 24.2 Å². The number of carbonyl (C=O) groups excluding carboxylic acids is 2. The van der Waals surface area contributed by atoms with Gasteiger partial charge in [0, 0.05) is 12.8 Å². The molecular weight excluding hydrogens is 669 g/mol. The Kier molecular flexibility index (Phi) is 43.9. The van der Waals surface area contributed by atoms with Crippen LogP contribution in [0.1, 0.15) is 245 Å². The Morgan fingerprint density at radius 1 is 0.407 bits per heavy atom. The van der Waals surface area contributed by atoms with Crippen LogP contribution in [0.3, 0.4) is 0 Å². The van der Waals surface area contributed by atoms with Gasteiger partial charge < -0.3 is 14.6 Å². The summed E-state index contributed by atoms with van der Waals surface area (Å²) in [6.45, 7) is 4.12. The molecule has 0 fully saturated rings. The fourth-order valence-electron chi connectivity index (χ4n) is 6.81. The predicted octanol–water partition coefficient (Wildman–Crippen LogP) is 15.2. The second kappa shape index (κ2) is 45.5. The molecule has 1 N–H and O–H groups in total. The number of ether oxygens (including phenoxy) is 2. The van der Waals surface area contributed by atoms with E-state index in [1.807, 2.05) is 0 Å². The van der Waals surface area contributed by atoms with E-state index in [4.69, 9.17) is 9.47 Å². The van der Waals surface area contributed by atoms with Crippen molar-refractivity contribution in [3.63, 3.8) is 0 Å². The molecule has 0 spiro atoms. The van der Waals surface area contributed by atoms with Gasteiger partial charge >= 0.3 is 11.9 Å². The summed E-state index contributed by atoms with van der Waals surface area (Å²) < 4.78 is 10.6. The number of rotatable bonds is 43. The van der Waals surface area contributed by atoms with Crippen molar-refractivity contribution >= 4 is 11.9 Å². The number of allylic oxidation sites excluding steroid dienone is 6. The van der Waals surface area contributed by atoms with E-state index < -0.39 is 6.10 Å². The molecule has 0 saturated heterocycles. The third-order valence-electron chi connectivity index (χ3n) is 10.4. The largest absolute Gasteiger partial charge is 0.462 e. The zero-order chi connectivity index (χ0) is 39.3. The smallest absolute Gasteiger partial charge is 0.306 e. The molecule has 316 valence electrons. The Bertz CT molecular complexity index is 862. The normalized spacial score (nSPS) is 12.4. The molecule has 0 aliphatic heterocycles. The molecule has 0 unspecified atom stereocenters. The van der Waals surface area contributed by atoms with Crippen molar-refractivity contribution in [3.05, 3.63) is 36.5 Å². The molecule has 0 bridgehead atoms. The fourth-order valence-corrected chi connectivity index (χ4v) is 6.81. The highest BCUT2D eigenvalue weighted by molar-refractivity contribution is 5.70. The van der Waals surface area contributed by atoms with E-state index in [0.29, 0.717) is 19.3 Å². The highest BCUT2D eigenvalue weighted by atomic mass is 16.6. The number of aliphatic hydroxyl groups is 1. The zero-order valence-corrected chi connectivity index (χ0v) is 36.0. The van der Waals surface area contributed by atoms with Gasteiger partial charge in [0.05, 0.1) is 6.61 Å². The highest BCUT2D eigenvalue weighted by Crippen LogP contribution is 2.15. The standard InChI is InChI=1S/C49H90O5/c1-3-5-7-9-11-13-15-17-19-21-22-23-24-25-26-28-30-32-34-36-38-40-42-44-49(52)54-47(45-50)46-53-48(51)43-41-39-37-35-33-31-29-27-20-18-16-14-12-10-8-6-4-2/h18,20,28,30,36,38,47,50H,3-17,19,21-27,29,31-35,37,39-46H2,1-2H3/b20-18+,30-28+,38-36+/t47-/m0/s1. The van der Waals surface area contributed by atoms with E-state index in [1.165, 1.54) is 173 Å². The summed E-state index contributed by atoms with van der Waals surface area (Å²) in [5, 5.41) is 9.59. The van der Waals surface area contributed by atoms with Crippen molar-refractivity contribution in [2.24, 2.45) is 0 Å². The van der Waals surface area contributed by atoms with Gasteiger partial charge in [-0.2, -0.15) is 0 Å². The molecule has 0 radical (unpaired) electrons. The van der Waals surface area contributed by atoms with Crippen LogP contribution in [0.15, 0.2) is 36.5 Å². The Morgan fingerprint density at radius 3 is 1.11 bits per heavy atom. The maximum atomic E-state index is 12.2. The van der Waals surface area contributed by atoms with Crippen LogP contribution in [0, 0.1) is 0 Å². The van der Waals surface area contributed by atoms with Crippen LogP contribution >= 0.6 is 0 Å². The Labute approximate surface area is 336 Å². The first-order valence-electron chi connectivity index (χ1n) is 23.5. The van der Waals surface area contributed by atoms with Gasteiger partial charge in [0.25, 0.3) is 0 Å². The SMILES string of the molecule is CCCCCCCC/C=C/CCCCCCCCCC(=O)OC[C@H](CO)OC(=O)CCC/C=C/CC/C=C/CCCCCCCCCCCCCCCC. The summed E-state index contributed by atoms with van der Waals surface area (Å²) in [7, 11) is 0. The first-order valence-corrected chi connectivity index (χ1v) is 23.5. The zero-order valence-electron chi connectivity index (χ0n) is 36.0. The second-order valence-corrected chi connectivity index (χ2v) is 15.8. The van der Waals surface area contributed by atoms with Crippen LogP contribution in [-0.4, -0.2) is 36.4 Å². The summed E-state index contributed by atoms with van der Waals surface area (Å²) in [5.41, 5.74) is 0. The molecule has 0 heterocycles. The monoisotopic (exact) mass is 759 g/mol. The molecule has 0 aromatic heterocycles. The van der Waals surface area contributed by atoms with E-state index in [9.17, 15) is 14.7 Å². The van der Waals surface area contributed by atoms with E-state index in [0.717, 1.165) is 38.5 Å². The number of hydrogen-bond acceptors (Lipinski definition) is 5. The molecule has 0 aromatic rings. The molecule has 1 atom stereocenters. The van der Waals surface area contributed by atoms with Gasteiger partial charge in [0.15, 0.2) is 6.10 Å². The number of esters is 2. The molecule has 54 heavy (non-hydrogen) atoms. The van der Waals surface area contributed by atoms with Crippen molar-refractivity contribution in [1.82, 2.24) is 0 Å². The molecular formula is C49H90O5. The molecule has 0 aliphatic carbocycles. The third kappa shape index (κ3) is 42.9. The fraction of sp³-hybridized carbons (Fsp3) is 0.837. The Balaban J connectivity index is 3.56. The van der Waals surface area contributed by atoms with Gasteiger partial charge in [0.2, 0.25) is 0 Å². The average Bonchev–Trinajstić information content (AvgIpc) is 3.17. The van der Waals surface area contributed by atoms with Crippen LogP contribution in [0.4, 0.5) is 0 Å². The topological polar surface area (TPSA) is 72.8 Å². The number of unbranched alkanes of at least 4 members (excludes halogenated alkanes) is 29. The lowest BCUT2D eigenvalue weighted by Crippen LogP contribution is -2.28. The van der Waals surface area contributed by atoms with E-state index in [-0.39, 0.29) is 25.2 Å². The van der Waals surface area contributed by atoms with Gasteiger partial charge in [-0.15, -0.1) is 0 Å². The molecule has 0 aliphatic rings. The molecule has 5 nitrogen and oxygen atoms in total. The van der Waals surface area contributed by atoms with Gasteiger partial charge in [-0.3, -0.25) is 9.59 Å². The van der Waals surface area contributed by atoms with Crippen LogP contribution in [0.2, 0.25) is 0 Å². The lowest BCUT2D eigenvalue weighted by atomic mass is 10.0. The number of carbonyl (C=O) groups is 2. The second-order valence-electron chi connectivity index (χ2n) is 15.8. The van der Waals surface area contributed by atoms with Crippen LogP contribution in [-0.2, 0) is 19.1 Å². The average molecular weight is 759 g/mol. The van der Waals surface area contributed by atoms with Gasteiger partial charge in [-0.05, 0) is 70.6 Å². The molecule has 0 saturated carbocycles. The van der Waals surface area contributed by atoms with Crippen molar-refractivity contribution in [1.29, 1.82) is 0 Å². The third-order valence-corrected chi connectivity index (χ3v) is 10.4. The summed E-state index contributed by atoms with van der Waals surface area (Å²) >= 11 is 0. The molecule has 0 aromatic carbocycles. The first-order chi connectivity index (χ1) is 26.6. The Morgan fingerprint density at radius 2 is 0.722 bits per heavy atom. The minimum absolute atomic E-state index is 0.0820. The highest BCUT2D eigenvalue weighted by Gasteiger charge is 2.16. The summed E-state index contributed by atoms with van der Waals surface area (Å²) in [6.07, 6.45) is 56.6. The maximum Gasteiger partial charge on any atom is 0.306 e. The van der Waals surface area contributed by atoms with E-state index >= 15 is 0 Å². The van der Waals surface area contributed by atoms with Crippen molar-refractivity contribution in [2.45, 2.75) is 251 Å². The van der Waals surface area contributed by atoms with Crippen LogP contribution < -0.4 is 0 Å². The van der Waals surface area contributed by atoms with Crippen LogP contribution in [0.25, 0.3) is 0 Å². The summed E-state index contributed by atoms with van der Waals surface area (Å²) in [4.78, 5) is 24.3. The quantitative estimate of drug-likeness (QED) is 0.0381. The molecule has 0 rings (SSSR count). The first kappa shape index (κ1) is 52.1. The van der Waals surface area contributed by atoms with Gasteiger partial charge in [-0.1, -0.05) is 198 Å². The summed E-state index contributed by atoms with van der Waals surface area (Å²) in [6, 6.07) is 0. The summed E-state index contributed by atoms with van der Waals surface area (Å²) in [5.74, 6) is -0.638. The predicted molar refractivity (Wildman–Crippen MR) is 233 cm³/mol. The molecule has 0 amide bonds. The number of hydrogen-bond donors (Lipinski definition) is 1. The minimum atomic E-state index is -0.793. The van der Waals surface area contributed by atoms with Crippen LogP contribution in [0.5, 0.6) is 0 Å². The Hall–Kier alpha value is -1.88. The minimum Gasteiger partial charge on any atom is -0.462 e. The van der Waals surface area contributed by atoms with Crippen molar-refractivity contribution in [2.75, 3.05) is 13.2 Å². The van der Waals surface area contributed by atoms with Crippen molar-refractivity contribution in [3.8, 4) is 0 Å². The van der Waals surface area contributed by atoms with Gasteiger partial charge in [-0.25, -0.2) is 0 Å². The lowest BCUT2D eigenvalue weighted by Gasteiger charge is -2.15.